The van der Waals surface area contributed by atoms with Crippen LogP contribution >= 0.6 is 0 Å². The molecule has 0 aromatic heterocycles. The number of aliphatic carboxylic acids is 1. The van der Waals surface area contributed by atoms with Crippen LogP contribution in [-0.4, -0.2) is 43.5 Å². The largest absolute Gasteiger partial charge is 0.481 e. The summed E-state index contributed by atoms with van der Waals surface area (Å²) in [6.45, 7) is 0.241. The highest BCUT2D eigenvalue weighted by molar-refractivity contribution is 7.91. The highest BCUT2D eigenvalue weighted by atomic mass is 32.2. The van der Waals surface area contributed by atoms with Gasteiger partial charge in [0, 0.05) is 6.54 Å². The lowest BCUT2D eigenvalue weighted by Gasteiger charge is -2.08. The molecule has 0 radical (unpaired) electrons. The monoisotopic (exact) mass is 235 g/mol. The van der Waals surface area contributed by atoms with Gasteiger partial charge in [-0.15, -0.1) is 0 Å². The van der Waals surface area contributed by atoms with Gasteiger partial charge >= 0.3 is 5.97 Å². The number of carboxylic acid groups (broad SMARTS) is 1. The fraction of sp³-hybridized carbons (Fsp3) is 0.750. The van der Waals surface area contributed by atoms with E-state index in [1.54, 1.807) is 0 Å². The third-order valence-electron chi connectivity index (χ3n) is 2.23. The van der Waals surface area contributed by atoms with Gasteiger partial charge in [-0.05, 0) is 12.3 Å². The van der Waals surface area contributed by atoms with E-state index in [0.717, 1.165) is 0 Å². The van der Waals surface area contributed by atoms with Crippen LogP contribution in [0.3, 0.4) is 0 Å². The number of amides is 1. The molecule has 0 spiro atoms. The van der Waals surface area contributed by atoms with Crippen LogP contribution in [0, 0.1) is 5.92 Å². The molecule has 1 heterocycles. The van der Waals surface area contributed by atoms with Gasteiger partial charge in [-0.2, -0.15) is 0 Å². The van der Waals surface area contributed by atoms with Crippen LogP contribution in [0.25, 0.3) is 0 Å². The summed E-state index contributed by atoms with van der Waals surface area (Å²) < 4.78 is 22.1. The van der Waals surface area contributed by atoms with Crippen molar-refractivity contribution in [2.45, 2.75) is 12.8 Å². The average molecular weight is 235 g/mol. The van der Waals surface area contributed by atoms with Crippen molar-refractivity contribution in [3.8, 4) is 0 Å². The molecule has 0 aromatic rings. The molecule has 1 aliphatic heterocycles. The van der Waals surface area contributed by atoms with E-state index in [2.05, 4.69) is 5.32 Å². The Morgan fingerprint density at radius 2 is 2.07 bits per heavy atom. The van der Waals surface area contributed by atoms with E-state index in [-0.39, 0.29) is 24.0 Å². The normalized spacial score (nSPS) is 23.6. The summed E-state index contributed by atoms with van der Waals surface area (Å²) in [6, 6.07) is 0. The van der Waals surface area contributed by atoms with Crippen LogP contribution in [0.15, 0.2) is 0 Å². The Labute approximate surface area is 87.6 Å². The van der Waals surface area contributed by atoms with Crippen molar-refractivity contribution in [1.29, 1.82) is 0 Å². The van der Waals surface area contributed by atoms with Crippen LogP contribution in [0.4, 0.5) is 0 Å². The lowest BCUT2D eigenvalue weighted by molar-refractivity contribution is -0.140. The van der Waals surface area contributed by atoms with Crippen LogP contribution in [0.1, 0.15) is 12.8 Å². The summed E-state index contributed by atoms with van der Waals surface area (Å²) in [7, 11) is -2.93. The fourth-order valence-corrected chi connectivity index (χ4v) is 3.35. The molecule has 1 atom stereocenters. The summed E-state index contributed by atoms with van der Waals surface area (Å²) >= 11 is 0. The van der Waals surface area contributed by atoms with Gasteiger partial charge in [-0.25, -0.2) is 8.42 Å². The zero-order valence-electron chi connectivity index (χ0n) is 8.10. The van der Waals surface area contributed by atoms with Gasteiger partial charge in [0.2, 0.25) is 5.91 Å². The quantitative estimate of drug-likeness (QED) is 0.609. The molecular weight excluding hydrogens is 222 g/mol. The average Bonchev–Trinajstić information content (AvgIpc) is 2.41. The topological polar surface area (TPSA) is 101 Å². The molecule has 86 valence electrons. The Kier molecular flexibility index (Phi) is 3.67. The summed E-state index contributed by atoms with van der Waals surface area (Å²) in [5, 5.41) is 10.7. The van der Waals surface area contributed by atoms with E-state index in [0.29, 0.717) is 6.42 Å². The van der Waals surface area contributed by atoms with Crippen LogP contribution in [-0.2, 0) is 19.4 Å². The number of nitrogens with one attached hydrogen (secondary N) is 1. The van der Waals surface area contributed by atoms with Gasteiger partial charge in [-0.1, -0.05) is 0 Å². The Morgan fingerprint density at radius 3 is 2.53 bits per heavy atom. The number of sulfone groups is 1. The minimum atomic E-state index is -2.93. The number of hydrogen-bond acceptors (Lipinski definition) is 4. The molecule has 0 bridgehead atoms. The van der Waals surface area contributed by atoms with E-state index >= 15 is 0 Å². The van der Waals surface area contributed by atoms with Gasteiger partial charge in [0.05, 0.1) is 11.5 Å². The van der Waals surface area contributed by atoms with Crippen LogP contribution < -0.4 is 5.32 Å². The Morgan fingerprint density at radius 1 is 1.40 bits per heavy atom. The van der Waals surface area contributed by atoms with Gasteiger partial charge in [0.15, 0.2) is 9.84 Å². The number of carbonyl (C=O) groups is 2. The third kappa shape index (κ3) is 4.28. The number of rotatable bonds is 4. The van der Waals surface area contributed by atoms with Crippen molar-refractivity contribution in [3.05, 3.63) is 0 Å². The predicted molar refractivity (Wildman–Crippen MR) is 52.0 cm³/mol. The molecule has 7 heteroatoms. The van der Waals surface area contributed by atoms with Gasteiger partial charge in [0.1, 0.15) is 6.42 Å². The van der Waals surface area contributed by atoms with Crippen molar-refractivity contribution < 1.29 is 23.1 Å². The van der Waals surface area contributed by atoms with Crippen molar-refractivity contribution in [1.82, 2.24) is 5.32 Å². The molecule has 1 aliphatic rings. The molecule has 15 heavy (non-hydrogen) atoms. The lowest BCUT2D eigenvalue weighted by Crippen LogP contribution is -2.31. The first-order chi connectivity index (χ1) is 6.89. The second kappa shape index (κ2) is 4.61. The van der Waals surface area contributed by atoms with E-state index in [1.807, 2.05) is 0 Å². The minimum absolute atomic E-state index is 0.0762. The van der Waals surface area contributed by atoms with Crippen molar-refractivity contribution in [2.75, 3.05) is 18.1 Å². The molecule has 0 aliphatic carbocycles. The van der Waals surface area contributed by atoms with Gasteiger partial charge in [-0.3, -0.25) is 9.59 Å². The first kappa shape index (κ1) is 12.0. The van der Waals surface area contributed by atoms with E-state index in [1.165, 1.54) is 0 Å². The first-order valence-electron chi connectivity index (χ1n) is 4.58. The maximum Gasteiger partial charge on any atom is 0.312 e. The molecule has 1 fully saturated rings. The summed E-state index contributed by atoms with van der Waals surface area (Å²) in [6.07, 6.45) is -0.0326. The van der Waals surface area contributed by atoms with E-state index in [9.17, 15) is 18.0 Å². The third-order valence-corrected chi connectivity index (χ3v) is 4.06. The number of carboxylic acids is 1. The van der Waals surface area contributed by atoms with Crippen molar-refractivity contribution in [2.24, 2.45) is 5.92 Å². The maximum atomic E-state index is 11.1. The molecule has 6 nitrogen and oxygen atoms in total. The van der Waals surface area contributed by atoms with E-state index < -0.39 is 28.1 Å². The predicted octanol–water partition coefficient (Wildman–Crippen LogP) is -0.988. The molecule has 1 rings (SSSR count). The van der Waals surface area contributed by atoms with E-state index in [4.69, 9.17) is 5.11 Å². The number of hydrogen-bond donors (Lipinski definition) is 2. The van der Waals surface area contributed by atoms with Gasteiger partial charge < -0.3 is 10.4 Å². The van der Waals surface area contributed by atoms with Crippen molar-refractivity contribution >= 4 is 21.7 Å². The minimum Gasteiger partial charge on any atom is -0.481 e. The molecule has 1 amide bonds. The maximum absolute atomic E-state index is 11.1. The zero-order valence-corrected chi connectivity index (χ0v) is 8.92. The molecule has 1 unspecified atom stereocenters. The Hall–Kier alpha value is -1.11. The lowest BCUT2D eigenvalue weighted by atomic mass is 10.1. The van der Waals surface area contributed by atoms with Gasteiger partial charge in [0.25, 0.3) is 0 Å². The molecule has 1 saturated heterocycles. The smallest absolute Gasteiger partial charge is 0.312 e. The molecular formula is C8H13NO5S. The molecule has 0 saturated carbocycles. The van der Waals surface area contributed by atoms with Crippen molar-refractivity contribution in [3.63, 3.8) is 0 Å². The standard InChI is InChI=1S/C8H13NO5S/c10-7(3-8(11)12)9-4-6-1-2-15(13,14)5-6/h6H,1-5H2,(H,9,10)(H,11,12). The highest BCUT2D eigenvalue weighted by Crippen LogP contribution is 2.17. The second-order valence-electron chi connectivity index (χ2n) is 3.64. The van der Waals surface area contributed by atoms with Crippen LogP contribution in [0.5, 0.6) is 0 Å². The SMILES string of the molecule is O=C(O)CC(=O)NCC1CCS(=O)(=O)C1. The summed E-state index contributed by atoms with van der Waals surface area (Å²) in [5.41, 5.74) is 0. The first-order valence-corrected chi connectivity index (χ1v) is 6.40. The van der Waals surface area contributed by atoms with Crippen LogP contribution in [0.2, 0.25) is 0 Å². The zero-order chi connectivity index (χ0) is 11.5. The summed E-state index contributed by atoms with van der Waals surface area (Å²) in [5.74, 6) is -1.60. The molecule has 2 N–H and O–H groups in total. The molecule has 0 aromatic carbocycles. The second-order valence-corrected chi connectivity index (χ2v) is 5.87. The summed E-state index contributed by atoms with van der Waals surface area (Å²) in [4.78, 5) is 21.1. The Bertz CT molecular complexity index is 361. The number of carbonyl (C=O) groups excluding carboxylic acids is 1. The fourth-order valence-electron chi connectivity index (χ4n) is 1.49. The highest BCUT2D eigenvalue weighted by Gasteiger charge is 2.27. The Balaban J connectivity index is 2.27.